The predicted molar refractivity (Wildman–Crippen MR) is 70.7 cm³/mol. The number of nitrogens with one attached hydrogen (secondary N) is 1. The molecule has 5 nitrogen and oxygen atoms in total. The van der Waals surface area contributed by atoms with Crippen LogP contribution in [0.3, 0.4) is 0 Å². The largest absolute Gasteiger partial charge is 0.391 e. The number of fused-ring (bicyclic) bond motifs is 1. The molecule has 3 rings (SSSR count). The molecule has 0 amide bonds. The van der Waals surface area contributed by atoms with Gasteiger partial charge in [0, 0.05) is 24.5 Å². The average Bonchev–Trinajstić information content (AvgIpc) is 3.14. The van der Waals surface area contributed by atoms with E-state index in [4.69, 9.17) is 0 Å². The van der Waals surface area contributed by atoms with Crippen molar-refractivity contribution in [3.05, 3.63) is 24.4 Å². The van der Waals surface area contributed by atoms with Crippen molar-refractivity contribution in [3.8, 4) is 0 Å². The monoisotopic (exact) mass is 264 g/mol. The van der Waals surface area contributed by atoms with E-state index in [0.717, 1.165) is 10.8 Å². The van der Waals surface area contributed by atoms with E-state index in [1.165, 1.54) is 24.6 Å². The van der Waals surface area contributed by atoms with Crippen LogP contribution < -0.4 is 5.32 Å². The lowest BCUT2D eigenvalue weighted by atomic mass is 10.4. The first-order chi connectivity index (χ1) is 8.83. The first-order valence-electron chi connectivity index (χ1n) is 6.17. The number of thioether (sulfide) groups is 1. The third kappa shape index (κ3) is 2.82. The van der Waals surface area contributed by atoms with E-state index in [2.05, 4.69) is 15.5 Å². The van der Waals surface area contributed by atoms with Crippen LogP contribution in [0.25, 0.3) is 5.65 Å². The first-order valence-corrected chi connectivity index (χ1v) is 7.15. The van der Waals surface area contributed by atoms with E-state index in [1.54, 1.807) is 0 Å². The highest BCUT2D eigenvalue weighted by Crippen LogP contribution is 2.20. The minimum Gasteiger partial charge on any atom is -0.391 e. The predicted octanol–water partition coefficient (Wildman–Crippen LogP) is 0.934. The first kappa shape index (κ1) is 12.0. The molecule has 1 atom stereocenters. The van der Waals surface area contributed by atoms with Gasteiger partial charge in [-0.3, -0.25) is 4.40 Å². The van der Waals surface area contributed by atoms with E-state index in [-0.39, 0.29) is 6.10 Å². The second-order valence-electron chi connectivity index (χ2n) is 4.56. The number of nitrogens with zero attached hydrogens (tertiary/aromatic N) is 3. The Morgan fingerprint density at radius 2 is 2.33 bits per heavy atom. The molecule has 0 radical (unpaired) electrons. The zero-order chi connectivity index (χ0) is 12.4. The summed E-state index contributed by atoms with van der Waals surface area (Å²) in [5, 5.41) is 22.2. The number of aliphatic hydroxyl groups excluding tert-OH is 1. The van der Waals surface area contributed by atoms with E-state index >= 15 is 0 Å². The van der Waals surface area contributed by atoms with Crippen LogP contribution in [0, 0.1) is 0 Å². The maximum absolute atomic E-state index is 9.86. The van der Waals surface area contributed by atoms with Gasteiger partial charge in [-0.05, 0) is 25.0 Å². The standard InChI is InChI=1S/C12H16N4OS/c17-10(7-13-9-4-5-9)8-18-12-15-14-11-3-1-2-6-16(11)12/h1-3,6,9-10,13,17H,4-5,7-8H2. The van der Waals surface area contributed by atoms with Gasteiger partial charge in [-0.15, -0.1) is 10.2 Å². The zero-order valence-corrected chi connectivity index (χ0v) is 10.8. The van der Waals surface area contributed by atoms with Gasteiger partial charge < -0.3 is 10.4 Å². The molecule has 6 heteroatoms. The topological polar surface area (TPSA) is 62.5 Å². The second-order valence-corrected chi connectivity index (χ2v) is 5.55. The molecule has 96 valence electrons. The summed E-state index contributed by atoms with van der Waals surface area (Å²) in [6.45, 7) is 0.661. The van der Waals surface area contributed by atoms with E-state index in [9.17, 15) is 5.11 Å². The third-order valence-corrected chi connectivity index (χ3v) is 3.99. The maximum atomic E-state index is 9.86. The van der Waals surface area contributed by atoms with Gasteiger partial charge in [0.1, 0.15) is 0 Å². The lowest BCUT2D eigenvalue weighted by molar-refractivity contribution is 0.195. The van der Waals surface area contributed by atoms with Gasteiger partial charge >= 0.3 is 0 Å². The van der Waals surface area contributed by atoms with Gasteiger partial charge in [0.2, 0.25) is 0 Å². The molecule has 18 heavy (non-hydrogen) atoms. The van der Waals surface area contributed by atoms with Crippen LogP contribution in [0.2, 0.25) is 0 Å². The van der Waals surface area contributed by atoms with Crippen molar-refractivity contribution in [1.29, 1.82) is 0 Å². The van der Waals surface area contributed by atoms with Gasteiger partial charge in [-0.25, -0.2) is 0 Å². The Kier molecular flexibility index (Phi) is 3.49. The van der Waals surface area contributed by atoms with Crippen molar-refractivity contribution in [2.45, 2.75) is 30.1 Å². The second kappa shape index (κ2) is 5.26. The van der Waals surface area contributed by atoms with Crippen LogP contribution in [0.4, 0.5) is 0 Å². The molecular weight excluding hydrogens is 248 g/mol. The fourth-order valence-corrected chi connectivity index (χ4v) is 2.59. The van der Waals surface area contributed by atoms with Crippen LogP contribution in [-0.2, 0) is 0 Å². The summed E-state index contributed by atoms with van der Waals surface area (Å²) in [5.74, 6) is 0.634. The highest BCUT2D eigenvalue weighted by atomic mass is 32.2. The Labute approximate surface area is 110 Å². The molecule has 2 aromatic rings. The van der Waals surface area contributed by atoms with Crippen LogP contribution in [0.1, 0.15) is 12.8 Å². The molecule has 2 N–H and O–H groups in total. The lowest BCUT2D eigenvalue weighted by Gasteiger charge is -2.09. The molecule has 0 bridgehead atoms. The Morgan fingerprint density at radius 1 is 1.44 bits per heavy atom. The van der Waals surface area contributed by atoms with E-state index < -0.39 is 0 Å². The number of hydrogen-bond donors (Lipinski definition) is 2. The molecule has 0 spiro atoms. The summed E-state index contributed by atoms with van der Waals surface area (Å²) in [5.41, 5.74) is 0.839. The number of hydrogen-bond acceptors (Lipinski definition) is 5. The smallest absolute Gasteiger partial charge is 0.195 e. The van der Waals surface area contributed by atoms with Gasteiger partial charge in [0.15, 0.2) is 10.8 Å². The number of aromatic nitrogens is 3. The fraction of sp³-hybridized carbons (Fsp3) is 0.500. The highest BCUT2D eigenvalue weighted by Gasteiger charge is 2.21. The summed E-state index contributed by atoms with van der Waals surface area (Å²) in [4.78, 5) is 0. The Balaban J connectivity index is 1.55. The van der Waals surface area contributed by atoms with Crippen molar-refractivity contribution in [2.75, 3.05) is 12.3 Å². The van der Waals surface area contributed by atoms with E-state index in [1.807, 2.05) is 28.8 Å². The Morgan fingerprint density at radius 3 is 3.17 bits per heavy atom. The molecule has 1 aliphatic rings. The van der Waals surface area contributed by atoms with Crippen LogP contribution in [0.15, 0.2) is 29.6 Å². The lowest BCUT2D eigenvalue weighted by Crippen LogP contribution is -2.29. The highest BCUT2D eigenvalue weighted by molar-refractivity contribution is 7.99. The minimum atomic E-state index is -0.341. The number of rotatable bonds is 6. The van der Waals surface area contributed by atoms with Gasteiger partial charge in [0.25, 0.3) is 0 Å². The summed E-state index contributed by atoms with van der Waals surface area (Å²) in [7, 11) is 0. The fourth-order valence-electron chi connectivity index (χ4n) is 1.74. The number of aliphatic hydroxyl groups is 1. The molecule has 1 unspecified atom stereocenters. The molecule has 1 saturated carbocycles. The molecule has 0 saturated heterocycles. The summed E-state index contributed by atoms with van der Waals surface area (Å²) < 4.78 is 1.94. The van der Waals surface area contributed by atoms with Crippen molar-refractivity contribution in [2.24, 2.45) is 0 Å². The molecule has 2 aromatic heterocycles. The van der Waals surface area contributed by atoms with Gasteiger partial charge in [0.05, 0.1) is 6.10 Å². The van der Waals surface area contributed by atoms with Crippen molar-refractivity contribution in [1.82, 2.24) is 19.9 Å². The average molecular weight is 264 g/mol. The van der Waals surface area contributed by atoms with Gasteiger partial charge in [-0.1, -0.05) is 17.8 Å². The number of pyridine rings is 1. The normalized spacial score (nSPS) is 17.2. The summed E-state index contributed by atoms with van der Waals surface area (Å²) >= 11 is 1.54. The molecular formula is C12H16N4OS. The molecule has 0 aliphatic heterocycles. The SMILES string of the molecule is OC(CNC1CC1)CSc1nnc2ccccn12. The Bertz CT molecular complexity index is 526. The van der Waals surface area contributed by atoms with Crippen LogP contribution in [0.5, 0.6) is 0 Å². The molecule has 2 heterocycles. The van der Waals surface area contributed by atoms with Crippen molar-refractivity contribution >= 4 is 17.4 Å². The molecule has 0 aromatic carbocycles. The molecule has 1 aliphatic carbocycles. The van der Waals surface area contributed by atoms with Crippen LogP contribution >= 0.6 is 11.8 Å². The third-order valence-electron chi connectivity index (χ3n) is 2.91. The summed E-state index contributed by atoms with van der Waals surface area (Å²) in [6.07, 6.45) is 4.09. The Hall–Kier alpha value is -1.11. The maximum Gasteiger partial charge on any atom is 0.195 e. The van der Waals surface area contributed by atoms with Gasteiger partial charge in [-0.2, -0.15) is 0 Å². The van der Waals surface area contributed by atoms with E-state index in [0.29, 0.717) is 18.3 Å². The van der Waals surface area contributed by atoms with Crippen molar-refractivity contribution in [3.63, 3.8) is 0 Å². The molecule has 1 fully saturated rings. The quantitative estimate of drug-likeness (QED) is 0.760. The minimum absolute atomic E-state index is 0.341. The van der Waals surface area contributed by atoms with Crippen LogP contribution in [-0.4, -0.2) is 44.1 Å². The summed E-state index contributed by atoms with van der Waals surface area (Å²) in [6, 6.07) is 6.44. The zero-order valence-electron chi connectivity index (χ0n) is 9.99. The van der Waals surface area contributed by atoms with Crippen molar-refractivity contribution < 1.29 is 5.11 Å².